The second kappa shape index (κ2) is 3.76. The summed E-state index contributed by atoms with van der Waals surface area (Å²) in [5.74, 6) is -0.0183. The Bertz CT molecular complexity index is 265. The lowest BCUT2D eigenvalue weighted by Crippen LogP contribution is -2.42. The molecule has 2 aliphatic rings. The molecular weight excluding hydrogens is 196 g/mol. The van der Waals surface area contributed by atoms with Crippen LogP contribution in [0.15, 0.2) is 0 Å². The smallest absolute Gasteiger partial charge is 0.305 e. The molecular formula is C11H18O4. The number of rotatable bonds is 2. The molecule has 2 saturated heterocycles. The lowest BCUT2D eigenvalue weighted by atomic mass is 9.81. The summed E-state index contributed by atoms with van der Waals surface area (Å²) < 4.78 is 16.6. The summed E-state index contributed by atoms with van der Waals surface area (Å²) in [4.78, 5) is 10.9. The monoisotopic (exact) mass is 214 g/mol. The SMILES string of the molecule is CC[C@]12CCO[C@H](C(OC(C)=O)O1)C2C. The number of carbonyl (C=O) groups is 1. The second-order valence-electron chi connectivity index (χ2n) is 4.39. The molecule has 0 aliphatic carbocycles. The van der Waals surface area contributed by atoms with Crippen molar-refractivity contribution in [2.75, 3.05) is 6.61 Å². The highest BCUT2D eigenvalue weighted by Gasteiger charge is 2.56. The highest BCUT2D eigenvalue weighted by Crippen LogP contribution is 2.46. The third-order valence-corrected chi connectivity index (χ3v) is 3.66. The normalized spacial score (nSPS) is 44.1. The second-order valence-corrected chi connectivity index (χ2v) is 4.39. The van der Waals surface area contributed by atoms with Gasteiger partial charge in [0, 0.05) is 19.3 Å². The standard InChI is InChI=1S/C11H18O4/c1-4-11-5-6-13-9(7(11)2)10(15-11)14-8(3)12/h7,9-10H,4-6H2,1-3H3/t7?,9-,10?,11+/m0/s1. The van der Waals surface area contributed by atoms with Gasteiger partial charge < -0.3 is 14.2 Å². The zero-order valence-electron chi connectivity index (χ0n) is 9.49. The molecule has 15 heavy (non-hydrogen) atoms. The first-order valence-electron chi connectivity index (χ1n) is 5.56. The Morgan fingerprint density at radius 2 is 2.33 bits per heavy atom. The maximum atomic E-state index is 10.9. The van der Waals surface area contributed by atoms with Gasteiger partial charge in [-0.15, -0.1) is 0 Å². The van der Waals surface area contributed by atoms with Crippen molar-refractivity contribution in [2.24, 2.45) is 5.92 Å². The van der Waals surface area contributed by atoms with Gasteiger partial charge in [-0.3, -0.25) is 4.79 Å². The Hall–Kier alpha value is -0.610. The van der Waals surface area contributed by atoms with E-state index in [4.69, 9.17) is 14.2 Å². The van der Waals surface area contributed by atoms with Crippen LogP contribution in [-0.4, -0.2) is 30.6 Å². The first-order valence-corrected chi connectivity index (χ1v) is 5.56. The molecule has 0 aromatic rings. The van der Waals surface area contributed by atoms with Gasteiger partial charge in [0.15, 0.2) is 0 Å². The molecule has 86 valence electrons. The van der Waals surface area contributed by atoms with Crippen LogP contribution in [0.5, 0.6) is 0 Å². The minimum absolute atomic E-state index is 0.0948. The molecule has 2 rings (SSSR count). The molecule has 0 aromatic carbocycles. The largest absolute Gasteiger partial charge is 0.433 e. The molecule has 2 fully saturated rings. The first kappa shape index (κ1) is 10.9. The Labute approximate surface area is 89.9 Å². The summed E-state index contributed by atoms with van der Waals surface area (Å²) in [5, 5.41) is 0. The molecule has 0 saturated carbocycles. The van der Waals surface area contributed by atoms with E-state index in [9.17, 15) is 4.79 Å². The molecule has 0 spiro atoms. The Balaban J connectivity index is 2.15. The zero-order chi connectivity index (χ0) is 11.1. The summed E-state index contributed by atoms with van der Waals surface area (Å²) >= 11 is 0. The number of hydrogen-bond acceptors (Lipinski definition) is 4. The fraction of sp³-hybridized carbons (Fsp3) is 0.909. The van der Waals surface area contributed by atoms with Gasteiger partial charge in [-0.2, -0.15) is 0 Å². The molecule has 4 heteroatoms. The van der Waals surface area contributed by atoms with Gasteiger partial charge in [-0.25, -0.2) is 0 Å². The zero-order valence-corrected chi connectivity index (χ0v) is 9.49. The van der Waals surface area contributed by atoms with E-state index in [-0.39, 0.29) is 17.7 Å². The van der Waals surface area contributed by atoms with Gasteiger partial charge in [0.2, 0.25) is 6.29 Å². The van der Waals surface area contributed by atoms with E-state index >= 15 is 0 Å². The minimum Gasteiger partial charge on any atom is -0.433 e. The molecule has 0 N–H and O–H groups in total. The lowest BCUT2D eigenvalue weighted by Gasteiger charge is -2.35. The molecule has 0 aromatic heterocycles. The number of fused-ring (bicyclic) bond motifs is 2. The Morgan fingerprint density at radius 1 is 1.60 bits per heavy atom. The minimum atomic E-state index is -0.514. The van der Waals surface area contributed by atoms with Crippen LogP contribution in [0.25, 0.3) is 0 Å². The van der Waals surface area contributed by atoms with Gasteiger partial charge in [-0.1, -0.05) is 13.8 Å². The number of hydrogen-bond donors (Lipinski definition) is 0. The van der Waals surface area contributed by atoms with Crippen molar-refractivity contribution >= 4 is 5.97 Å². The van der Waals surface area contributed by atoms with Gasteiger partial charge in [0.25, 0.3) is 0 Å². The number of esters is 1. The van der Waals surface area contributed by atoms with Gasteiger partial charge in [-0.05, 0) is 6.42 Å². The summed E-state index contributed by atoms with van der Waals surface area (Å²) in [6.45, 7) is 6.31. The van der Waals surface area contributed by atoms with Crippen LogP contribution in [0.3, 0.4) is 0 Å². The lowest BCUT2D eigenvalue weighted by molar-refractivity contribution is -0.192. The van der Waals surface area contributed by atoms with Crippen LogP contribution in [0.1, 0.15) is 33.6 Å². The van der Waals surface area contributed by atoms with Crippen molar-refractivity contribution in [1.29, 1.82) is 0 Å². The van der Waals surface area contributed by atoms with Crippen molar-refractivity contribution in [3.05, 3.63) is 0 Å². The topological polar surface area (TPSA) is 44.8 Å². The molecule has 2 heterocycles. The molecule has 2 aliphatic heterocycles. The van der Waals surface area contributed by atoms with Gasteiger partial charge in [0.05, 0.1) is 12.2 Å². The predicted molar refractivity (Wildman–Crippen MR) is 53.2 cm³/mol. The molecule has 0 radical (unpaired) electrons. The van der Waals surface area contributed by atoms with Gasteiger partial charge in [0.1, 0.15) is 6.10 Å². The Morgan fingerprint density at radius 3 is 2.87 bits per heavy atom. The van der Waals surface area contributed by atoms with Crippen molar-refractivity contribution in [2.45, 2.75) is 51.6 Å². The van der Waals surface area contributed by atoms with E-state index in [1.807, 2.05) is 0 Å². The van der Waals surface area contributed by atoms with E-state index < -0.39 is 6.29 Å². The van der Waals surface area contributed by atoms with Crippen LogP contribution in [0.4, 0.5) is 0 Å². The van der Waals surface area contributed by atoms with Crippen molar-refractivity contribution in [3.63, 3.8) is 0 Å². The third-order valence-electron chi connectivity index (χ3n) is 3.66. The van der Waals surface area contributed by atoms with E-state index in [0.29, 0.717) is 12.5 Å². The average molecular weight is 214 g/mol. The molecule has 4 atom stereocenters. The van der Waals surface area contributed by atoms with E-state index in [2.05, 4.69) is 13.8 Å². The molecule has 0 amide bonds. The van der Waals surface area contributed by atoms with Crippen LogP contribution < -0.4 is 0 Å². The first-order chi connectivity index (χ1) is 7.09. The highest BCUT2D eigenvalue weighted by atomic mass is 16.7. The highest BCUT2D eigenvalue weighted by molar-refractivity contribution is 5.66. The quantitative estimate of drug-likeness (QED) is 0.653. The number of ether oxygens (including phenoxy) is 3. The van der Waals surface area contributed by atoms with Gasteiger partial charge >= 0.3 is 5.97 Å². The van der Waals surface area contributed by atoms with Crippen molar-refractivity contribution < 1.29 is 19.0 Å². The predicted octanol–water partition coefficient (Wildman–Crippen LogP) is 1.48. The maximum absolute atomic E-state index is 10.9. The van der Waals surface area contributed by atoms with Crippen LogP contribution in [0, 0.1) is 5.92 Å². The van der Waals surface area contributed by atoms with Crippen molar-refractivity contribution in [3.8, 4) is 0 Å². The molecule has 2 bridgehead atoms. The summed E-state index contributed by atoms with van der Waals surface area (Å²) in [5.41, 5.74) is -0.150. The fourth-order valence-electron chi connectivity index (χ4n) is 2.65. The maximum Gasteiger partial charge on any atom is 0.305 e. The summed E-state index contributed by atoms with van der Waals surface area (Å²) in [6.07, 6.45) is 1.22. The van der Waals surface area contributed by atoms with Crippen molar-refractivity contribution in [1.82, 2.24) is 0 Å². The molecule has 4 nitrogen and oxygen atoms in total. The summed E-state index contributed by atoms with van der Waals surface area (Å²) in [6, 6.07) is 0. The number of carbonyl (C=O) groups excluding carboxylic acids is 1. The van der Waals surface area contributed by atoms with E-state index in [1.165, 1.54) is 6.92 Å². The third kappa shape index (κ3) is 1.66. The summed E-state index contributed by atoms with van der Waals surface area (Å²) in [7, 11) is 0. The Kier molecular flexibility index (Phi) is 2.73. The molecule has 2 unspecified atom stereocenters. The van der Waals surface area contributed by atoms with Crippen LogP contribution in [0.2, 0.25) is 0 Å². The van der Waals surface area contributed by atoms with E-state index in [0.717, 1.165) is 12.8 Å². The van der Waals surface area contributed by atoms with Crippen LogP contribution >= 0.6 is 0 Å². The van der Waals surface area contributed by atoms with E-state index in [1.54, 1.807) is 0 Å². The average Bonchev–Trinajstić information content (AvgIpc) is 2.36. The fourth-order valence-corrected chi connectivity index (χ4v) is 2.65. The van der Waals surface area contributed by atoms with Crippen LogP contribution in [-0.2, 0) is 19.0 Å².